The molecule has 4 heterocycles. The Bertz CT molecular complexity index is 990. The summed E-state index contributed by atoms with van der Waals surface area (Å²) in [5.41, 5.74) is 0.934. The summed E-state index contributed by atoms with van der Waals surface area (Å²) < 4.78 is 1.97. The molecule has 1 aromatic carbocycles. The number of hydrogen-bond donors (Lipinski definition) is 4. The molecule has 31 heavy (non-hydrogen) atoms. The number of nitrogens with one attached hydrogen (secondary N) is 1. The van der Waals surface area contributed by atoms with E-state index in [9.17, 15) is 19.5 Å². The number of carbonyl (C=O) groups excluding carboxylic acids is 1. The fourth-order valence-corrected chi connectivity index (χ4v) is 4.34. The van der Waals surface area contributed by atoms with Crippen molar-refractivity contribution in [3.8, 4) is 0 Å². The van der Waals surface area contributed by atoms with Gasteiger partial charge in [0.25, 0.3) is 5.91 Å². The molecule has 1 unspecified atom stereocenters. The second-order valence-corrected chi connectivity index (χ2v) is 8.02. The number of para-hydroxylation sites is 1. The topological polar surface area (TPSA) is 132 Å². The van der Waals surface area contributed by atoms with Crippen LogP contribution in [0.1, 0.15) is 23.2 Å². The van der Waals surface area contributed by atoms with Gasteiger partial charge in [0.05, 0.1) is 11.2 Å². The first kappa shape index (κ1) is 22.5. The zero-order chi connectivity index (χ0) is 22.6. The van der Waals surface area contributed by atoms with E-state index in [1.165, 1.54) is 0 Å². The maximum atomic E-state index is 12.6. The van der Waals surface area contributed by atoms with E-state index in [1.54, 1.807) is 0 Å². The van der Waals surface area contributed by atoms with Crippen LogP contribution < -0.4 is 5.32 Å². The Hall–Kier alpha value is -3.17. The van der Waals surface area contributed by atoms with Crippen LogP contribution in [0.2, 0.25) is 0 Å². The first-order valence-electron chi connectivity index (χ1n) is 10.1. The SMILES string of the molecule is Cn1cc(C(=O)NCC2(O)CN3CCC2CC3)c2ccccc21.O=C(O)C=CC(=O)O. The molecule has 0 saturated carbocycles. The van der Waals surface area contributed by atoms with Crippen LogP contribution in [0, 0.1) is 5.92 Å². The lowest BCUT2D eigenvalue weighted by atomic mass is 9.75. The van der Waals surface area contributed by atoms with E-state index < -0.39 is 17.5 Å². The lowest BCUT2D eigenvalue weighted by Gasteiger charge is -2.50. The summed E-state index contributed by atoms with van der Waals surface area (Å²) in [5, 5.41) is 30.5. The summed E-state index contributed by atoms with van der Waals surface area (Å²) in [5.74, 6) is -2.31. The molecule has 166 valence electrons. The minimum absolute atomic E-state index is 0.105. The number of carbonyl (C=O) groups is 3. The third kappa shape index (κ3) is 5.31. The smallest absolute Gasteiger partial charge is 0.328 e. The Morgan fingerprint density at radius 1 is 1.13 bits per heavy atom. The molecule has 9 nitrogen and oxygen atoms in total. The molecule has 2 aromatic rings. The second-order valence-electron chi connectivity index (χ2n) is 8.02. The summed E-state index contributed by atoms with van der Waals surface area (Å²) in [4.78, 5) is 34.0. The molecule has 3 aliphatic heterocycles. The van der Waals surface area contributed by atoms with Gasteiger partial charge in [-0.2, -0.15) is 0 Å². The average Bonchev–Trinajstić information content (AvgIpc) is 3.09. The standard InChI is InChI=1S/C18H23N3O2.C4H4O4/c1-20-10-15(14-4-2-3-5-16(14)20)17(22)19-11-18(23)12-21-8-6-13(18)7-9-21;5-3(6)1-2-4(7)8/h2-5,10,13,23H,6-9,11-12H2,1H3,(H,19,22);1-2H,(H,5,6)(H,7,8). The molecule has 3 fully saturated rings. The molecule has 3 aliphatic rings. The van der Waals surface area contributed by atoms with E-state index >= 15 is 0 Å². The number of nitrogens with zero attached hydrogens (tertiary/aromatic N) is 2. The maximum absolute atomic E-state index is 12.6. The minimum Gasteiger partial charge on any atom is -0.478 e. The van der Waals surface area contributed by atoms with Crippen molar-refractivity contribution in [1.82, 2.24) is 14.8 Å². The Morgan fingerprint density at radius 2 is 1.74 bits per heavy atom. The number of carboxylic acids is 2. The first-order valence-corrected chi connectivity index (χ1v) is 10.1. The Kier molecular flexibility index (Phi) is 6.77. The number of amides is 1. The molecule has 3 saturated heterocycles. The zero-order valence-corrected chi connectivity index (χ0v) is 17.3. The molecule has 2 bridgehead atoms. The summed E-state index contributed by atoms with van der Waals surface area (Å²) in [7, 11) is 1.94. The van der Waals surface area contributed by atoms with Gasteiger partial charge in [0.15, 0.2) is 0 Å². The summed E-state index contributed by atoms with van der Waals surface area (Å²) in [6.07, 6.45) is 5.03. The number of benzene rings is 1. The predicted octanol–water partition coefficient (Wildman–Crippen LogP) is 1.08. The molecule has 1 amide bonds. The molecule has 1 aromatic heterocycles. The van der Waals surface area contributed by atoms with E-state index in [4.69, 9.17) is 10.2 Å². The number of fused-ring (bicyclic) bond motifs is 4. The first-order chi connectivity index (χ1) is 14.7. The van der Waals surface area contributed by atoms with Gasteiger partial charge in [0.1, 0.15) is 0 Å². The van der Waals surface area contributed by atoms with Crippen LogP contribution in [0.4, 0.5) is 0 Å². The summed E-state index contributed by atoms with van der Waals surface area (Å²) in [6, 6.07) is 7.89. The Morgan fingerprint density at radius 3 is 2.29 bits per heavy atom. The van der Waals surface area contributed by atoms with E-state index in [-0.39, 0.29) is 5.91 Å². The average molecular weight is 429 g/mol. The van der Waals surface area contributed by atoms with E-state index in [0.29, 0.717) is 36.7 Å². The molecule has 9 heteroatoms. The second kappa shape index (κ2) is 9.32. The molecule has 4 N–H and O–H groups in total. The highest BCUT2D eigenvalue weighted by molar-refractivity contribution is 6.07. The van der Waals surface area contributed by atoms with Crippen LogP contribution in [0.3, 0.4) is 0 Å². The van der Waals surface area contributed by atoms with E-state index in [2.05, 4.69) is 10.2 Å². The lowest BCUT2D eigenvalue weighted by Crippen LogP contribution is -2.63. The number of aromatic nitrogens is 1. The molecule has 5 rings (SSSR count). The van der Waals surface area contributed by atoms with Gasteiger partial charge in [-0.15, -0.1) is 0 Å². The number of aryl methyl sites for hydroxylation is 1. The quantitative estimate of drug-likeness (QED) is 0.523. The number of carboxylic acid groups (broad SMARTS) is 2. The van der Waals surface area contributed by atoms with Crippen molar-refractivity contribution in [2.45, 2.75) is 18.4 Å². The predicted molar refractivity (Wildman–Crippen MR) is 114 cm³/mol. The molecule has 0 radical (unpaired) electrons. The third-order valence-corrected chi connectivity index (χ3v) is 5.91. The highest BCUT2D eigenvalue weighted by atomic mass is 16.4. The van der Waals surface area contributed by atoms with Crippen molar-refractivity contribution in [2.75, 3.05) is 26.2 Å². The van der Waals surface area contributed by atoms with Gasteiger partial charge < -0.3 is 30.1 Å². The minimum atomic E-state index is -1.26. The van der Waals surface area contributed by atoms with Crippen molar-refractivity contribution >= 4 is 28.7 Å². The molecule has 1 atom stereocenters. The fourth-order valence-electron chi connectivity index (χ4n) is 4.34. The largest absolute Gasteiger partial charge is 0.478 e. The number of aliphatic carboxylic acids is 2. The monoisotopic (exact) mass is 429 g/mol. The highest BCUT2D eigenvalue weighted by Gasteiger charge is 2.45. The van der Waals surface area contributed by atoms with Gasteiger partial charge in [-0.05, 0) is 37.9 Å². The van der Waals surface area contributed by atoms with Gasteiger partial charge in [0, 0.05) is 49.4 Å². The highest BCUT2D eigenvalue weighted by Crippen LogP contribution is 2.35. The van der Waals surface area contributed by atoms with Crippen LogP contribution in [0.25, 0.3) is 10.9 Å². The van der Waals surface area contributed by atoms with Crippen molar-refractivity contribution in [1.29, 1.82) is 0 Å². The molecular formula is C22H27N3O6. The van der Waals surface area contributed by atoms with Crippen LogP contribution in [-0.4, -0.2) is 74.4 Å². The van der Waals surface area contributed by atoms with Crippen LogP contribution in [0.5, 0.6) is 0 Å². The van der Waals surface area contributed by atoms with Gasteiger partial charge in [-0.25, -0.2) is 9.59 Å². The van der Waals surface area contributed by atoms with Gasteiger partial charge >= 0.3 is 11.9 Å². The van der Waals surface area contributed by atoms with E-state index in [0.717, 1.165) is 36.8 Å². The van der Waals surface area contributed by atoms with Crippen molar-refractivity contribution in [2.24, 2.45) is 13.0 Å². The summed E-state index contributed by atoms with van der Waals surface area (Å²) >= 11 is 0. The number of aliphatic hydroxyl groups is 1. The van der Waals surface area contributed by atoms with Crippen molar-refractivity contribution in [3.05, 3.63) is 48.2 Å². The van der Waals surface area contributed by atoms with Gasteiger partial charge in [0.2, 0.25) is 0 Å². The number of hydrogen-bond acceptors (Lipinski definition) is 5. The number of piperidine rings is 3. The third-order valence-electron chi connectivity index (χ3n) is 5.91. The molecule has 0 spiro atoms. The van der Waals surface area contributed by atoms with Crippen LogP contribution in [-0.2, 0) is 16.6 Å². The number of rotatable bonds is 5. The fraction of sp³-hybridized carbons (Fsp3) is 0.409. The summed E-state index contributed by atoms with van der Waals surface area (Å²) in [6.45, 7) is 3.15. The van der Waals surface area contributed by atoms with Gasteiger partial charge in [-0.1, -0.05) is 18.2 Å². The Balaban J connectivity index is 0.000000293. The van der Waals surface area contributed by atoms with E-state index in [1.807, 2.05) is 42.1 Å². The van der Waals surface area contributed by atoms with Crippen LogP contribution in [0.15, 0.2) is 42.6 Å². The van der Waals surface area contributed by atoms with Crippen molar-refractivity contribution < 1.29 is 29.7 Å². The maximum Gasteiger partial charge on any atom is 0.328 e. The van der Waals surface area contributed by atoms with Crippen molar-refractivity contribution in [3.63, 3.8) is 0 Å². The molecule has 0 aliphatic carbocycles. The van der Waals surface area contributed by atoms with Gasteiger partial charge in [-0.3, -0.25) is 4.79 Å². The zero-order valence-electron chi connectivity index (χ0n) is 17.3. The normalized spacial score (nSPS) is 24.6. The molecular weight excluding hydrogens is 402 g/mol. The lowest BCUT2D eigenvalue weighted by molar-refractivity contribution is -0.134. The van der Waals surface area contributed by atoms with Crippen LogP contribution >= 0.6 is 0 Å². The Labute approximate surface area is 179 Å².